The van der Waals surface area contributed by atoms with Crippen LogP contribution in [0.5, 0.6) is 0 Å². The van der Waals surface area contributed by atoms with Crippen LogP contribution in [0.3, 0.4) is 0 Å². The van der Waals surface area contributed by atoms with Crippen molar-refractivity contribution in [3.8, 4) is 0 Å². The Morgan fingerprint density at radius 3 is 2.48 bits per heavy atom. The number of nitrogens with one attached hydrogen (secondary N) is 2. The first kappa shape index (κ1) is 19.6. The number of benzene rings is 1. The van der Waals surface area contributed by atoms with Gasteiger partial charge in [0.15, 0.2) is 0 Å². The maximum Gasteiger partial charge on any atom is 0.322 e. The van der Waals surface area contributed by atoms with Crippen molar-refractivity contribution in [2.75, 3.05) is 23.7 Å². The Kier molecular flexibility index (Phi) is 6.34. The molecule has 3 rings (SSSR count). The second-order valence-corrected chi connectivity index (χ2v) is 7.68. The monoisotopic (exact) mass is 375 g/mol. The van der Waals surface area contributed by atoms with E-state index in [4.69, 9.17) is 4.74 Å². The third-order valence-corrected chi connectivity index (χ3v) is 5.08. The second-order valence-electron chi connectivity index (χ2n) is 7.68. The molecule has 0 aromatic heterocycles. The SMILES string of the molecule is CC(C)O[C@H]1CN(C(=O)Nc2cccc(NC(=O)C3CCCC3)c2)C[C@@H]1O. The van der Waals surface area contributed by atoms with Gasteiger partial charge in [-0.15, -0.1) is 0 Å². The molecule has 1 saturated heterocycles. The van der Waals surface area contributed by atoms with Crippen LogP contribution in [0.25, 0.3) is 0 Å². The quantitative estimate of drug-likeness (QED) is 0.738. The van der Waals surface area contributed by atoms with Crippen LogP contribution in [-0.2, 0) is 9.53 Å². The molecule has 27 heavy (non-hydrogen) atoms. The maximum absolute atomic E-state index is 12.5. The fourth-order valence-electron chi connectivity index (χ4n) is 3.72. The fraction of sp³-hybridized carbons (Fsp3) is 0.600. The van der Waals surface area contributed by atoms with E-state index in [2.05, 4.69) is 10.6 Å². The lowest BCUT2D eigenvalue weighted by Crippen LogP contribution is -2.34. The molecule has 148 valence electrons. The number of aliphatic hydroxyl groups is 1. The van der Waals surface area contributed by atoms with E-state index < -0.39 is 6.10 Å². The third kappa shape index (κ3) is 5.20. The van der Waals surface area contributed by atoms with Gasteiger partial charge in [-0.05, 0) is 44.9 Å². The predicted molar refractivity (Wildman–Crippen MR) is 104 cm³/mol. The molecular formula is C20H29N3O4. The molecular weight excluding hydrogens is 346 g/mol. The number of β-amino-alcohol motifs (C(OH)–C–C–N with tert-alkyl or cyclic N) is 1. The van der Waals surface area contributed by atoms with Gasteiger partial charge in [-0.3, -0.25) is 4.79 Å². The highest BCUT2D eigenvalue weighted by atomic mass is 16.5. The summed E-state index contributed by atoms with van der Waals surface area (Å²) in [6.45, 7) is 4.40. The number of ether oxygens (including phenoxy) is 1. The van der Waals surface area contributed by atoms with E-state index in [1.54, 1.807) is 23.1 Å². The molecule has 1 aromatic rings. The lowest BCUT2D eigenvalue weighted by molar-refractivity contribution is -0.119. The van der Waals surface area contributed by atoms with Gasteiger partial charge in [0.05, 0.1) is 25.3 Å². The van der Waals surface area contributed by atoms with Crippen LogP contribution in [-0.4, -0.2) is 53.3 Å². The molecule has 2 aliphatic rings. The van der Waals surface area contributed by atoms with Crippen molar-refractivity contribution in [1.82, 2.24) is 4.90 Å². The van der Waals surface area contributed by atoms with Gasteiger partial charge >= 0.3 is 6.03 Å². The Labute approximate surface area is 160 Å². The van der Waals surface area contributed by atoms with Gasteiger partial charge in [-0.2, -0.15) is 0 Å². The van der Waals surface area contributed by atoms with E-state index in [1.807, 2.05) is 19.9 Å². The minimum Gasteiger partial charge on any atom is -0.388 e. The van der Waals surface area contributed by atoms with E-state index in [9.17, 15) is 14.7 Å². The Morgan fingerprint density at radius 1 is 1.15 bits per heavy atom. The highest BCUT2D eigenvalue weighted by Gasteiger charge is 2.35. The van der Waals surface area contributed by atoms with Crippen LogP contribution in [0.1, 0.15) is 39.5 Å². The number of hydrogen-bond donors (Lipinski definition) is 3. The summed E-state index contributed by atoms with van der Waals surface area (Å²) in [6, 6.07) is 6.85. The number of rotatable bonds is 5. The van der Waals surface area contributed by atoms with Crippen molar-refractivity contribution in [3.05, 3.63) is 24.3 Å². The van der Waals surface area contributed by atoms with Crippen LogP contribution in [0, 0.1) is 5.92 Å². The zero-order valence-electron chi connectivity index (χ0n) is 16.0. The second kappa shape index (κ2) is 8.71. The van der Waals surface area contributed by atoms with Gasteiger partial charge in [0.25, 0.3) is 0 Å². The van der Waals surface area contributed by atoms with E-state index in [0.717, 1.165) is 25.7 Å². The third-order valence-electron chi connectivity index (χ3n) is 5.08. The molecule has 2 fully saturated rings. The summed E-state index contributed by atoms with van der Waals surface area (Å²) >= 11 is 0. The first-order chi connectivity index (χ1) is 12.9. The molecule has 0 radical (unpaired) electrons. The summed E-state index contributed by atoms with van der Waals surface area (Å²) in [5, 5.41) is 15.8. The number of anilines is 2. The van der Waals surface area contributed by atoms with Crippen LogP contribution in [0.4, 0.5) is 16.2 Å². The van der Waals surface area contributed by atoms with E-state index in [0.29, 0.717) is 17.9 Å². The van der Waals surface area contributed by atoms with Crippen LogP contribution in [0.15, 0.2) is 24.3 Å². The zero-order valence-corrected chi connectivity index (χ0v) is 16.0. The molecule has 1 aliphatic heterocycles. The summed E-state index contributed by atoms with van der Waals surface area (Å²) < 4.78 is 5.65. The lowest BCUT2D eigenvalue weighted by Gasteiger charge is -2.19. The van der Waals surface area contributed by atoms with Crippen molar-refractivity contribution in [3.63, 3.8) is 0 Å². The molecule has 7 heteroatoms. The molecule has 0 unspecified atom stereocenters. The number of amides is 3. The van der Waals surface area contributed by atoms with Crippen LogP contribution >= 0.6 is 0 Å². The Balaban J connectivity index is 1.56. The molecule has 1 saturated carbocycles. The van der Waals surface area contributed by atoms with E-state index in [1.165, 1.54) is 0 Å². The van der Waals surface area contributed by atoms with Gasteiger partial charge in [0.1, 0.15) is 6.10 Å². The van der Waals surface area contributed by atoms with Crippen molar-refractivity contribution >= 4 is 23.3 Å². The molecule has 7 nitrogen and oxygen atoms in total. The van der Waals surface area contributed by atoms with Gasteiger partial charge in [0.2, 0.25) is 5.91 Å². The number of carbonyl (C=O) groups is 2. The summed E-state index contributed by atoms with van der Waals surface area (Å²) in [5.74, 6) is 0.138. The van der Waals surface area contributed by atoms with Gasteiger partial charge in [-0.1, -0.05) is 18.9 Å². The van der Waals surface area contributed by atoms with Crippen molar-refractivity contribution in [2.24, 2.45) is 5.92 Å². The summed E-state index contributed by atoms with van der Waals surface area (Å²) in [7, 11) is 0. The van der Waals surface area contributed by atoms with E-state index in [-0.39, 0.29) is 36.6 Å². The number of aliphatic hydroxyl groups excluding tert-OH is 1. The van der Waals surface area contributed by atoms with Crippen molar-refractivity contribution in [2.45, 2.75) is 57.8 Å². The average molecular weight is 375 g/mol. The number of carbonyl (C=O) groups excluding carboxylic acids is 2. The zero-order chi connectivity index (χ0) is 19.4. The minimum absolute atomic E-state index is 0.00665. The lowest BCUT2D eigenvalue weighted by atomic mass is 10.1. The molecule has 1 aromatic carbocycles. The fourth-order valence-corrected chi connectivity index (χ4v) is 3.72. The van der Waals surface area contributed by atoms with Gasteiger partial charge in [0, 0.05) is 17.3 Å². The largest absolute Gasteiger partial charge is 0.388 e. The average Bonchev–Trinajstić information content (AvgIpc) is 3.25. The van der Waals surface area contributed by atoms with Crippen molar-refractivity contribution in [1.29, 1.82) is 0 Å². The summed E-state index contributed by atoms with van der Waals surface area (Å²) in [5.41, 5.74) is 1.28. The predicted octanol–water partition coefficient (Wildman–Crippen LogP) is 2.82. The topological polar surface area (TPSA) is 90.9 Å². The minimum atomic E-state index is -0.685. The van der Waals surface area contributed by atoms with Gasteiger partial charge < -0.3 is 25.4 Å². The summed E-state index contributed by atoms with van der Waals surface area (Å²) in [6.07, 6.45) is 3.04. The number of hydrogen-bond acceptors (Lipinski definition) is 4. The summed E-state index contributed by atoms with van der Waals surface area (Å²) in [4.78, 5) is 26.3. The Morgan fingerprint density at radius 2 is 1.81 bits per heavy atom. The number of nitrogens with zero attached hydrogens (tertiary/aromatic N) is 1. The first-order valence-electron chi connectivity index (χ1n) is 9.72. The highest BCUT2D eigenvalue weighted by Crippen LogP contribution is 2.26. The Hall–Kier alpha value is -2.12. The molecule has 3 amide bonds. The van der Waals surface area contributed by atoms with E-state index >= 15 is 0 Å². The molecule has 0 bridgehead atoms. The Bertz CT molecular complexity index is 673. The maximum atomic E-state index is 12.5. The van der Waals surface area contributed by atoms with Crippen molar-refractivity contribution < 1.29 is 19.4 Å². The first-order valence-corrected chi connectivity index (χ1v) is 9.72. The molecule has 2 atom stereocenters. The number of likely N-dealkylation sites (tertiary alicyclic amines) is 1. The standard InChI is InChI=1S/C20H29N3O4/c1-13(2)27-18-12-23(11-17(18)24)20(26)22-16-9-5-8-15(10-16)21-19(25)14-6-3-4-7-14/h5,8-10,13-14,17-18,24H,3-4,6-7,11-12H2,1-2H3,(H,21,25)(H,22,26)/t17-,18-/m0/s1. The van der Waals surface area contributed by atoms with Gasteiger partial charge in [-0.25, -0.2) is 4.79 Å². The van der Waals surface area contributed by atoms with Crippen LogP contribution in [0.2, 0.25) is 0 Å². The molecule has 3 N–H and O–H groups in total. The molecule has 1 aliphatic carbocycles. The highest BCUT2D eigenvalue weighted by molar-refractivity contribution is 5.94. The number of urea groups is 1. The smallest absolute Gasteiger partial charge is 0.322 e. The normalized spacial score (nSPS) is 23.0. The molecule has 0 spiro atoms. The molecule has 1 heterocycles. The van der Waals surface area contributed by atoms with Crippen LogP contribution < -0.4 is 10.6 Å².